The number of hydrogen-bond donors (Lipinski definition) is 0. The van der Waals surface area contributed by atoms with Crippen LogP contribution in [-0.2, 0) is 0 Å². The average Bonchev–Trinajstić information content (AvgIpc) is 3.75. The van der Waals surface area contributed by atoms with Gasteiger partial charge in [-0.3, -0.25) is 0 Å². The van der Waals surface area contributed by atoms with Crippen molar-refractivity contribution in [3.05, 3.63) is 192 Å². The molecule has 4 nitrogen and oxygen atoms in total. The lowest BCUT2D eigenvalue weighted by Crippen LogP contribution is -2.04. The molecule has 0 bridgehead atoms. The van der Waals surface area contributed by atoms with Gasteiger partial charge in [-0.2, -0.15) is 10.5 Å². The summed E-state index contributed by atoms with van der Waals surface area (Å²) in [4.78, 5) is 0. The molecule has 0 N–H and O–H groups in total. The Bertz CT molecular complexity index is 3330. The molecule has 8 aromatic carbocycles. The average molecular weight is 729 g/mol. The van der Waals surface area contributed by atoms with Crippen LogP contribution in [0.3, 0.4) is 0 Å². The van der Waals surface area contributed by atoms with Crippen LogP contribution in [0.25, 0.3) is 88.4 Å². The molecule has 0 saturated carbocycles. The summed E-state index contributed by atoms with van der Waals surface area (Å²) in [5, 5.41) is 25.8. The zero-order valence-electron chi connectivity index (χ0n) is 31.9. The van der Waals surface area contributed by atoms with Crippen molar-refractivity contribution in [1.29, 1.82) is 10.5 Å². The van der Waals surface area contributed by atoms with E-state index in [1.165, 1.54) is 11.1 Å². The highest BCUT2D eigenvalue weighted by Crippen LogP contribution is 2.42. The Morgan fingerprint density at radius 3 is 1.39 bits per heavy atom. The first-order valence-electron chi connectivity index (χ1n) is 19.2. The monoisotopic (exact) mass is 728 g/mol. The summed E-state index contributed by atoms with van der Waals surface area (Å²) < 4.78 is 4.55. The number of hydrogen-bond acceptors (Lipinski definition) is 2. The Balaban J connectivity index is 1.31. The number of benzene rings is 8. The Morgan fingerprint density at radius 1 is 0.368 bits per heavy atom. The first-order chi connectivity index (χ1) is 27.9. The predicted octanol–water partition coefficient (Wildman–Crippen LogP) is 13.6. The maximum absolute atomic E-state index is 11.2. The maximum atomic E-state index is 11.2. The van der Waals surface area contributed by atoms with Gasteiger partial charge in [0.15, 0.2) is 0 Å². The van der Waals surface area contributed by atoms with Crippen LogP contribution in [0.1, 0.15) is 27.8 Å². The highest BCUT2D eigenvalue weighted by atomic mass is 15.0. The van der Waals surface area contributed by atoms with E-state index in [1.54, 1.807) is 0 Å². The van der Waals surface area contributed by atoms with Crippen LogP contribution in [0.2, 0.25) is 0 Å². The summed E-state index contributed by atoms with van der Waals surface area (Å²) >= 11 is 0. The van der Waals surface area contributed by atoms with E-state index in [2.05, 4.69) is 181 Å². The number of nitriles is 2. The molecule has 57 heavy (non-hydrogen) atoms. The molecule has 268 valence electrons. The maximum Gasteiger partial charge on any atom is 0.101 e. The van der Waals surface area contributed by atoms with Crippen LogP contribution in [0, 0.1) is 43.4 Å². The van der Waals surface area contributed by atoms with Gasteiger partial charge in [-0.1, -0.05) is 126 Å². The van der Waals surface area contributed by atoms with Crippen LogP contribution in [0.5, 0.6) is 0 Å². The summed E-state index contributed by atoms with van der Waals surface area (Å²) in [5.74, 6) is 0. The molecule has 2 aromatic heterocycles. The Kier molecular flexibility index (Phi) is 7.89. The normalized spacial score (nSPS) is 11.4. The molecule has 0 amide bonds. The van der Waals surface area contributed by atoms with E-state index >= 15 is 0 Å². The molecule has 10 rings (SSSR count). The number of rotatable bonds is 5. The fourth-order valence-corrected chi connectivity index (χ4v) is 8.58. The minimum atomic E-state index is 0.547. The third kappa shape index (κ3) is 5.58. The smallest absolute Gasteiger partial charge is 0.101 e. The van der Waals surface area contributed by atoms with Crippen molar-refractivity contribution in [3.63, 3.8) is 0 Å². The van der Waals surface area contributed by atoms with Crippen molar-refractivity contribution in [1.82, 2.24) is 9.13 Å². The number of nitrogens with zero attached hydrogens (tertiary/aromatic N) is 4. The third-order valence-electron chi connectivity index (χ3n) is 11.4. The van der Waals surface area contributed by atoms with Crippen molar-refractivity contribution in [2.45, 2.75) is 20.8 Å². The predicted molar refractivity (Wildman–Crippen MR) is 235 cm³/mol. The quantitative estimate of drug-likeness (QED) is 0.177. The third-order valence-corrected chi connectivity index (χ3v) is 11.4. The Hall–Kier alpha value is -7.66. The number of aromatic nitrogens is 2. The summed E-state index contributed by atoms with van der Waals surface area (Å²) in [7, 11) is 0. The lowest BCUT2D eigenvalue weighted by Gasteiger charge is -2.19. The van der Waals surface area contributed by atoms with Gasteiger partial charge in [0.05, 0.1) is 50.6 Å². The van der Waals surface area contributed by atoms with E-state index in [4.69, 9.17) is 0 Å². The number of fused-ring (bicyclic) bond motifs is 6. The number of aryl methyl sites for hydroxylation is 3. The molecule has 0 radical (unpaired) electrons. The van der Waals surface area contributed by atoms with Gasteiger partial charge in [0.2, 0.25) is 0 Å². The Labute approximate surface area is 331 Å². The van der Waals surface area contributed by atoms with Crippen LogP contribution >= 0.6 is 0 Å². The van der Waals surface area contributed by atoms with Gasteiger partial charge in [0, 0.05) is 27.1 Å². The minimum absolute atomic E-state index is 0.547. The van der Waals surface area contributed by atoms with Crippen molar-refractivity contribution in [2.24, 2.45) is 0 Å². The van der Waals surface area contributed by atoms with Crippen LogP contribution in [0.4, 0.5) is 0 Å². The first kappa shape index (κ1) is 33.9. The van der Waals surface area contributed by atoms with E-state index < -0.39 is 0 Å². The van der Waals surface area contributed by atoms with Gasteiger partial charge in [-0.05, 0) is 103 Å². The molecular formula is C53H36N4. The topological polar surface area (TPSA) is 57.4 Å². The molecular weight excluding hydrogens is 693 g/mol. The van der Waals surface area contributed by atoms with Crippen molar-refractivity contribution < 1.29 is 0 Å². The van der Waals surface area contributed by atoms with E-state index in [0.29, 0.717) is 11.1 Å². The molecule has 2 heterocycles. The van der Waals surface area contributed by atoms with Gasteiger partial charge < -0.3 is 9.13 Å². The van der Waals surface area contributed by atoms with Crippen molar-refractivity contribution in [2.75, 3.05) is 0 Å². The second-order valence-electron chi connectivity index (χ2n) is 15.1. The lowest BCUT2D eigenvalue weighted by atomic mass is 9.96. The molecule has 4 heteroatoms. The molecule has 10 aromatic rings. The molecule has 0 saturated heterocycles. The molecule has 0 aliphatic rings. The van der Waals surface area contributed by atoms with Crippen molar-refractivity contribution in [3.8, 4) is 56.9 Å². The van der Waals surface area contributed by atoms with E-state index in [1.807, 2.05) is 25.1 Å². The highest BCUT2D eigenvalue weighted by molar-refractivity contribution is 6.12. The van der Waals surface area contributed by atoms with Crippen molar-refractivity contribution >= 4 is 43.6 Å². The molecule has 0 atom stereocenters. The van der Waals surface area contributed by atoms with Gasteiger partial charge in [-0.15, -0.1) is 0 Å². The largest absolute Gasteiger partial charge is 0.309 e. The van der Waals surface area contributed by atoms with Crippen LogP contribution < -0.4 is 0 Å². The molecule has 0 aliphatic carbocycles. The fraction of sp³-hybridized carbons (Fsp3) is 0.0566. The van der Waals surface area contributed by atoms with Crippen LogP contribution in [-0.4, -0.2) is 9.13 Å². The second-order valence-corrected chi connectivity index (χ2v) is 15.1. The second kappa shape index (κ2) is 13.3. The van der Waals surface area contributed by atoms with E-state index in [0.717, 1.165) is 93.9 Å². The van der Waals surface area contributed by atoms with E-state index in [-0.39, 0.29) is 0 Å². The lowest BCUT2D eigenvalue weighted by molar-refractivity contribution is 1.13. The summed E-state index contributed by atoms with van der Waals surface area (Å²) in [5.41, 5.74) is 16.7. The highest BCUT2D eigenvalue weighted by Gasteiger charge is 2.22. The first-order valence-corrected chi connectivity index (χ1v) is 19.2. The molecule has 0 spiro atoms. The number of para-hydroxylation sites is 2. The standard InChI is InChI=1S/C53H36N4/c1-33-12-16-37(17-13-33)39-20-22-45-43-8-4-6-10-48(43)56(51(45)27-39)50-30-47(41-25-35(3)24-36(26-41)31-54)53(29-42(50)32-55)57-49-11-7-5-9-44(49)46-23-21-40(28-52(46)57)38-18-14-34(2)15-19-38/h4-30H,1-3H3. The zero-order chi connectivity index (χ0) is 38.8. The molecule has 0 fully saturated rings. The molecule has 0 aliphatic heterocycles. The van der Waals surface area contributed by atoms with Crippen LogP contribution in [0.15, 0.2) is 164 Å². The zero-order valence-corrected chi connectivity index (χ0v) is 31.9. The fourth-order valence-electron chi connectivity index (χ4n) is 8.58. The van der Waals surface area contributed by atoms with Gasteiger partial charge in [0.25, 0.3) is 0 Å². The van der Waals surface area contributed by atoms with Gasteiger partial charge in [-0.25, -0.2) is 0 Å². The Morgan fingerprint density at radius 2 is 0.860 bits per heavy atom. The van der Waals surface area contributed by atoms with E-state index in [9.17, 15) is 10.5 Å². The van der Waals surface area contributed by atoms with Gasteiger partial charge >= 0.3 is 0 Å². The SMILES string of the molecule is Cc1ccc(-c2ccc3c4ccccc4n(-c4cc(-c5cc(C)cc(C#N)c5)c(-n5c6ccccc6c6ccc(-c7ccc(C)cc7)cc65)cc4C#N)c3c2)cc1. The van der Waals surface area contributed by atoms with Gasteiger partial charge in [0.1, 0.15) is 6.07 Å². The minimum Gasteiger partial charge on any atom is -0.309 e. The summed E-state index contributed by atoms with van der Waals surface area (Å²) in [6.07, 6.45) is 0. The summed E-state index contributed by atoms with van der Waals surface area (Å²) in [6, 6.07) is 62.7. The molecule has 0 unspecified atom stereocenters. The summed E-state index contributed by atoms with van der Waals surface area (Å²) in [6.45, 7) is 6.24.